The van der Waals surface area contributed by atoms with Crippen molar-refractivity contribution in [3.05, 3.63) is 29.8 Å². The lowest BCUT2D eigenvalue weighted by Crippen LogP contribution is -2.29. The molecule has 1 aromatic carbocycles. The lowest BCUT2D eigenvalue weighted by Gasteiger charge is -2.27. The third-order valence-corrected chi connectivity index (χ3v) is 3.70. The van der Waals surface area contributed by atoms with Crippen LogP contribution in [0.4, 0.5) is 8.78 Å². The molecule has 0 heterocycles. The molecule has 1 aliphatic rings. The largest absolute Gasteiger partial charge is 0.493 e. The third-order valence-electron chi connectivity index (χ3n) is 3.70. The van der Waals surface area contributed by atoms with Gasteiger partial charge in [0.2, 0.25) is 5.92 Å². The van der Waals surface area contributed by atoms with Gasteiger partial charge in [0.15, 0.2) is 5.78 Å². The van der Waals surface area contributed by atoms with E-state index in [0.29, 0.717) is 17.9 Å². The van der Waals surface area contributed by atoms with Crippen molar-refractivity contribution in [2.75, 3.05) is 6.61 Å². The molecule has 1 aromatic rings. The fourth-order valence-electron chi connectivity index (χ4n) is 2.53. The van der Waals surface area contributed by atoms with E-state index in [9.17, 15) is 13.6 Å². The van der Waals surface area contributed by atoms with E-state index in [0.717, 1.165) is 6.42 Å². The van der Waals surface area contributed by atoms with Crippen molar-refractivity contribution in [3.8, 4) is 5.75 Å². The third kappa shape index (κ3) is 3.56. The molecule has 2 rings (SSSR count). The van der Waals surface area contributed by atoms with Crippen molar-refractivity contribution >= 4 is 5.78 Å². The van der Waals surface area contributed by atoms with E-state index in [1.807, 2.05) is 13.0 Å². The van der Waals surface area contributed by atoms with Crippen molar-refractivity contribution in [2.45, 2.75) is 45.0 Å². The number of hydrogen-bond donors (Lipinski definition) is 0. The second-order valence-corrected chi connectivity index (χ2v) is 5.34. The van der Waals surface area contributed by atoms with Crippen LogP contribution in [-0.2, 0) is 0 Å². The second kappa shape index (κ2) is 6.33. The van der Waals surface area contributed by atoms with E-state index in [1.54, 1.807) is 18.2 Å². The van der Waals surface area contributed by atoms with Crippen LogP contribution in [0, 0.1) is 5.92 Å². The SMILES string of the molecule is CCCOc1ccccc1C(=O)C1CCC(F)(F)CC1. The van der Waals surface area contributed by atoms with Crippen LogP contribution in [-0.4, -0.2) is 18.3 Å². The van der Waals surface area contributed by atoms with Crippen LogP contribution in [0.3, 0.4) is 0 Å². The van der Waals surface area contributed by atoms with Gasteiger partial charge in [-0.25, -0.2) is 8.78 Å². The Morgan fingerprint density at radius 1 is 1.30 bits per heavy atom. The zero-order valence-electron chi connectivity index (χ0n) is 11.7. The Morgan fingerprint density at radius 2 is 1.95 bits per heavy atom. The van der Waals surface area contributed by atoms with Gasteiger partial charge in [-0.15, -0.1) is 0 Å². The summed E-state index contributed by atoms with van der Waals surface area (Å²) in [4.78, 5) is 12.5. The minimum absolute atomic E-state index is 0.0628. The normalized spacial score (nSPS) is 18.8. The zero-order chi connectivity index (χ0) is 14.6. The number of Topliss-reactive ketones (excluding diaryl/α,β-unsaturated/α-hetero) is 1. The van der Waals surface area contributed by atoms with Crippen molar-refractivity contribution in [2.24, 2.45) is 5.92 Å². The first-order valence-electron chi connectivity index (χ1n) is 7.17. The molecule has 4 heteroatoms. The van der Waals surface area contributed by atoms with E-state index in [4.69, 9.17) is 4.74 Å². The number of halogens is 2. The molecule has 2 nitrogen and oxygen atoms in total. The number of rotatable bonds is 5. The van der Waals surface area contributed by atoms with E-state index in [-0.39, 0.29) is 37.4 Å². The van der Waals surface area contributed by atoms with E-state index < -0.39 is 5.92 Å². The Labute approximate surface area is 118 Å². The van der Waals surface area contributed by atoms with E-state index in [2.05, 4.69) is 0 Å². The van der Waals surface area contributed by atoms with Crippen LogP contribution >= 0.6 is 0 Å². The van der Waals surface area contributed by atoms with Crippen LogP contribution in [0.15, 0.2) is 24.3 Å². The molecule has 0 aromatic heterocycles. The van der Waals surface area contributed by atoms with Crippen molar-refractivity contribution in [1.82, 2.24) is 0 Å². The van der Waals surface area contributed by atoms with E-state index in [1.165, 1.54) is 0 Å². The Morgan fingerprint density at radius 3 is 2.60 bits per heavy atom. The number of para-hydroxylation sites is 1. The van der Waals surface area contributed by atoms with Gasteiger partial charge >= 0.3 is 0 Å². The maximum Gasteiger partial charge on any atom is 0.248 e. The molecule has 0 spiro atoms. The van der Waals surface area contributed by atoms with Gasteiger partial charge in [0, 0.05) is 18.8 Å². The van der Waals surface area contributed by atoms with Gasteiger partial charge in [-0.05, 0) is 31.4 Å². The molecular weight excluding hydrogens is 262 g/mol. The number of hydrogen-bond acceptors (Lipinski definition) is 2. The first kappa shape index (κ1) is 14.9. The fraction of sp³-hybridized carbons (Fsp3) is 0.562. The Kier molecular flexibility index (Phi) is 4.73. The molecule has 1 fully saturated rings. The van der Waals surface area contributed by atoms with Gasteiger partial charge in [0.25, 0.3) is 0 Å². The highest BCUT2D eigenvalue weighted by Crippen LogP contribution is 2.38. The summed E-state index contributed by atoms with van der Waals surface area (Å²) in [6.07, 6.45) is 0.989. The molecule has 0 aliphatic heterocycles. The quantitative estimate of drug-likeness (QED) is 0.744. The van der Waals surface area contributed by atoms with Crippen LogP contribution in [0.2, 0.25) is 0 Å². The van der Waals surface area contributed by atoms with Gasteiger partial charge < -0.3 is 4.74 Å². The van der Waals surface area contributed by atoms with Crippen LogP contribution in [0.5, 0.6) is 5.75 Å². The molecule has 110 valence electrons. The summed E-state index contributed by atoms with van der Waals surface area (Å²) in [6.45, 7) is 2.54. The molecule has 20 heavy (non-hydrogen) atoms. The lowest BCUT2D eigenvalue weighted by molar-refractivity contribution is -0.0424. The summed E-state index contributed by atoms with van der Waals surface area (Å²) in [6, 6.07) is 7.08. The average molecular weight is 282 g/mol. The highest BCUT2D eigenvalue weighted by Gasteiger charge is 2.38. The predicted octanol–water partition coefficient (Wildman–Crippen LogP) is 4.48. The number of ketones is 1. The molecule has 0 radical (unpaired) electrons. The maximum absolute atomic E-state index is 13.2. The van der Waals surface area contributed by atoms with Gasteiger partial charge in [0.1, 0.15) is 5.75 Å². The summed E-state index contributed by atoms with van der Waals surface area (Å²) in [7, 11) is 0. The first-order valence-corrected chi connectivity index (χ1v) is 7.17. The molecule has 1 saturated carbocycles. The number of benzene rings is 1. The van der Waals surface area contributed by atoms with Crippen LogP contribution in [0.1, 0.15) is 49.4 Å². The van der Waals surface area contributed by atoms with Gasteiger partial charge in [-0.3, -0.25) is 4.79 Å². The first-order chi connectivity index (χ1) is 9.53. The number of alkyl halides is 2. The van der Waals surface area contributed by atoms with Crippen LogP contribution in [0.25, 0.3) is 0 Å². The minimum Gasteiger partial charge on any atom is -0.493 e. The molecule has 0 saturated heterocycles. The van der Waals surface area contributed by atoms with Crippen LogP contribution < -0.4 is 4.74 Å². The predicted molar refractivity (Wildman–Crippen MR) is 73.5 cm³/mol. The highest BCUT2D eigenvalue weighted by molar-refractivity contribution is 6.00. The molecule has 1 aliphatic carbocycles. The summed E-state index contributed by atoms with van der Waals surface area (Å²) in [5.74, 6) is -2.40. The molecule has 0 bridgehead atoms. The standard InChI is InChI=1S/C16H20F2O2/c1-2-11-20-14-6-4-3-5-13(14)15(19)12-7-9-16(17,18)10-8-12/h3-6,12H,2,7-11H2,1H3. The lowest BCUT2D eigenvalue weighted by atomic mass is 9.82. The monoisotopic (exact) mass is 282 g/mol. The maximum atomic E-state index is 13.2. The zero-order valence-corrected chi connectivity index (χ0v) is 11.7. The van der Waals surface area contributed by atoms with Gasteiger partial charge in [-0.1, -0.05) is 19.1 Å². The highest BCUT2D eigenvalue weighted by atomic mass is 19.3. The smallest absolute Gasteiger partial charge is 0.248 e. The van der Waals surface area contributed by atoms with Crippen molar-refractivity contribution < 1.29 is 18.3 Å². The molecular formula is C16H20F2O2. The minimum atomic E-state index is -2.60. The number of ether oxygens (including phenoxy) is 1. The molecule has 0 amide bonds. The average Bonchev–Trinajstić information content (AvgIpc) is 2.45. The summed E-state index contributed by atoms with van der Waals surface area (Å²) in [5, 5.41) is 0. The second-order valence-electron chi connectivity index (χ2n) is 5.34. The fourth-order valence-corrected chi connectivity index (χ4v) is 2.53. The van der Waals surface area contributed by atoms with E-state index >= 15 is 0 Å². The topological polar surface area (TPSA) is 26.3 Å². The van der Waals surface area contributed by atoms with Gasteiger partial charge in [-0.2, -0.15) is 0 Å². The Bertz CT molecular complexity index is 461. The Balaban J connectivity index is 2.09. The molecule has 0 atom stereocenters. The van der Waals surface area contributed by atoms with Gasteiger partial charge in [0.05, 0.1) is 12.2 Å². The summed E-state index contributed by atoms with van der Waals surface area (Å²) < 4.78 is 31.9. The van der Waals surface area contributed by atoms with Crippen molar-refractivity contribution in [3.63, 3.8) is 0 Å². The number of carbonyl (C=O) groups excluding carboxylic acids is 1. The Hall–Kier alpha value is -1.45. The summed E-state index contributed by atoms with van der Waals surface area (Å²) >= 11 is 0. The number of carbonyl (C=O) groups is 1. The molecule has 0 unspecified atom stereocenters. The summed E-state index contributed by atoms with van der Waals surface area (Å²) in [5.41, 5.74) is 0.524. The molecule has 0 N–H and O–H groups in total. The van der Waals surface area contributed by atoms with Crippen molar-refractivity contribution in [1.29, 1.82) is 0 Å².